The van der Waals surface area contributed by atoms with Crippen LogP contribution in [0.2, 0.25) is 0 Å². The van der Waals surface area contributed by atoms with Crippen molar-refractivity contribution in [1.82, 2.24) is 20.0 Å². The minimum absolute atomic E-state index is 0.00758. The number of aromatic nitrogens is 2. The standard InChI is InChI=1S/C19H24N4O3/c24-19(18-16-14-25-12-6-17(16)20-21-18)23-9-7-22(8-10-23)11-13-26-15-4-2-1-3-5-15/h1-5H,6-14H2,(H,20,21). The first kappa shape index (κ1) is 17.1. The molecule has 26 heavy (non-hydrogen) atoms. The van der Waals surface area contributed by atoms with Gasteiger partial charge in [0.2, 0.25) is 0 Å². The highest BCUT2D eigenvalue weighted by molar-refractivity contribution is 5.94. The molecule has 0 bridgehead atoms. The largest absolute Gasteiger partial charge is 0.492 e. The number of rotatable bonds is 5. The molecule has 0 saturated carbocycles. The van der Waals surface area contributed by atoms with E-state index in [0.717, 1.165) is 43.1 Å². The molecule has 1 saturated heterocycles. The molecule has 7 nitrogen and oxygen atoms in total. The lowest BCUT2D eigenvalue weighted by Crippen LogP contribution is -2.49. The molecule has 0 radical (unpaired) electrons. The predicted molar refractivity (Wildman–Crippen MR) is 96.2 cm³/mol. The van der Waals surface area contributed by atoms with Crippen molar-refractivity contribution in [3.63, 3.8) is 0 Å². The first-order valence-electron chi connectivity index (χ1n) is 9.14. The van der Waals surface area contributed by atoms with Gasteiger partial charge in [-0.05, 0) is 12.1 Å². The molecule has 0 unspecified atom stereocenters. The van der Waals surface area contributed by atoms with Crippen molar-refractivity contribution in [2.24, 2.45) is 0 Å². The minimum atomic E-state index is 0.00758. The Balaban J connectivity index is 1.26. The van der Waals surface area contributed by atoms with Gasteiger partial charge >= 0.3 is 0 Å². The second-order valence-corrected chi connectivity index (χ2v) is 6.63. The van der Waals surface area contributed by atoms with Crippen LogP contribution in [0.25, 0.3) is 0 Å². The predicted octanol–water partition coefficient (Wildman–Crippen LogP) is 1.32. The molecule has 0 atom stereocenters. The molecule has 1 N–H and O–H groups in total. The average Bonchev–Trinajstić information content (AvgIpc) is 3.13. The third-order valence-electron chi connectivity index (χ3n) is 4.98. The number of carbonyl (C=O) groups is 1. The van der Waals surface area contributed by atoms with Crippen molar-refractivity contribution in [2.75, 3.05) is 45.9 Å². The van der Waals surface area contributed by atoms with Gasteiger partial charge in [-0.1, -0.05) is 18.2 Å². The molecule has 1 aromatic carbocycles. The van der Waals surface area contributed by atoms with Crippen molar-refractivity contribution in [2.45, 2.75) is 13.0 Å². The molecule has 2 aliphatic rings. The number of nitrogens with one attached hydrogen (secondary N) is 1. The van der Waals surface area contributed by atoms with Gasteiger partial charge < -0.3 is 14.4 Å². The summed E-state index contributed by atoms with van der Waals surface area (Å²) in [5, 5.41) is 7.24. The normalized spacial score (nSPS) is 17.8. The van der Waals surface area contributed by atoms with Gasteiger partial charge in [-0.15, -0.1) is 0 Å². The summed E-state index contributed by atoms with van der Waals surface area (Å²) in [4.78, 5) is 17.0. The van der Waals surface area contributed by atoms with Crippen LogP contribution in [0.4, 0.5) is 0 Å². The lowest BCUT2D eigenvalue weighted by atomic mass is 10.1. The van der Waals surface area contributed by atoms with Crippen LogP contribution in [0.5, 0.6) is 5.75 Å². The Morgan fingerprint density at radius 2 is 2.00 bits per heavy atom. The van der Waals surface area contributed by atoms with Crippen LogP contribution in [0.3, 0.4) is 0 Å². The van der Waals surface area contributed by atoms with Crippen LogP contribution in [0.15, 0.2) is 30.3 Å². The summed E-state index contributed by atoms with van der Waals surface area (Å²) in [7, 11) is 0. The van der Waals surface area contributed by atoms with E-state index in [0.29, 0.717) is 38.6 Å². The second-order valence-electron chi connectivity index (χ2n) is 6.63. The van der Waals surface area contributed by atoms with Crippen molar-refractivity contribution in [1.29, 1.82) is 0 Å². The Hall–Kier alpha value is -2.38. The van der Waals surface area contributed by atoms with E-state index in [4.69, 9.17) is 9.47 Å². The van der Waals surface area contributed by atoms with Crippen LogP contribution < -0.4 is 4.74 Å². The van der Waals surface area contributed by atoms with Crippen molar-refractivity contribution in [3.8, 4) is 5.75 Å². The van der Waals surface area contributed by atoms with Crippen LogP contribution >= 0.6 is 0 Å². The lowest BCUT2D eigenvalue weighted by molar-refractivity contribution is 0.0605. The number of benzene rings is 1. The van der Waals surface area contributed by atoms with Gasteiger partial charge in [-0.3, -0.25) is 14.8 Å². The fourth-order valence-corrected chi connectivity index (χ4v) is 3.42. The topological polar surface area (TPSA) is 70.7 Å². The molecule has 3 heterocycles. The number of amides is 1. The molecule has 1 fully saturated rings. The van der Waals surface area contributed by atoms with E-state index in [1.165, 1.54) is 0 Å². The first-order valence-corrected chi connectivity index (χ1v) is 9.14. The Bertz CT molecular complexity index is 738. The van der Waals surface area contributed by atoms with Crippen LogP contribution in [-0.2, 0) is 17.8 Å². The van der Waals surface area contributed by atoms with E-state index in [9.17, 15) is 4.79 Å². The highest BCUT2D eigenvalue weighted by Gasteiger charge is 2.28. The lowest BCUT2D eigenvalue weighted by Gasteiger charge is -2.34. The summed E-state index contributed by atoms with van der Waals surface area (Å²) in [6.45, 7) is 5.82. The molecule has 0 aliphatic carbocycles. The van der Waals surface area contributed by atoms with E-state index in [-0.39, 0.29) is 5.91 Å². The Morgan fingerprint density at radius 3 is 2.81 bits per heavy atom. The Morgan fingerprint density at radius 1 is 1.19 bits per heavy atom. The molecule has 1 amide bonds. The minimum Gasteiger partial charge on any atom is -0.492 e. The SMILES string of the molecule is O=C(c1n[nH]c2c1COCC2)N1CCN(CCOc2ccccc2)CC1. The van der Waals surface area contributed by atoms with E-state index in [2.05, 4.69) is 15.1 Å². The quantitative estimate of drug-likeness (QED) is 0.875. The van der Waals surface area contributed by atoms with Gasteiger partial charge in [0.1, 0.15) is 12.4 Å². The van der Waals surface area contributed by atoms with E-state index in [1.54, 1.807) is 0 Å². The monoisotopic (exact) mass is 356 g/mol. The average molecular weight is 356 g/mol. The number of piperazine rings is 1. The van der Waals surface area contributed by atoms with Crippen molar-refractivity contribution < 1.29 is 14.3 Å². The van der Waals surface area contributed by atoms with Gasteiger partial charge in [0.15, 0.2) is 5.69 Å². The summed E-state index contributed by atoms with van der Waals surface area (Å²) in [5.41, 5.74) is 2.50. The maximum absolute atomic E-state index is 12.8. The highest BCUT2D eigenvalue weighted by atomic mass is 16.5. The molecule has 4 rings (SSSR count). The fourth-order valence-electron chi connectivity index (χ4n) is 3.42. The summed E-state index contributed by atoms with van der Waals surface area (Å²) < 4.78 is 11.2. The molecule has 7 heteroatoms. The second kappa shape index (κ2) is 7.88. The smallest absolute Gasteiger partial charge is 0.274 e. The van der Waals surface area contributed by atoms with Crippen LogP contribution in [0.1, 0.15) is 21.7 Å². The number of carbonyl (C=O) groups excluding carboxylic acids is 1. The number of hydrogen-bond acceptors (Lipinski definition) is 5. The van der Waals surface area contributed by atoms with Crippen LogP contribution in [-0.4, -0.2) is 71.8 Å². The molecule has 138 valence electrons. The highest BCUT2D eigenvalue weighted by Crippen LogP contribution is 2.20. The maximum Gasteiger partial charge on any atom is 0.274 e. The number of hydrogen-bond donors (Lipinski definition) is 1. The summed E-state index contributed by atoms with van der Waals surface area (Å²) in [5.74, 6) is 0.903. The zero-order chi connectivity index (χ0) is 17.8. The zero-order valence-corrected chi connectivity index (χ0v) is 14.8. The van der Waals surface area contributed by atoms with Crippen LogP contribution in [0, 0.1) is 0 Å². The third-order valence-corrected chi connectivity index (χ3v) is 4.98. The number of para-hydroxylation sites is 1. The van der Waals surface area contributed by atoms with Crippen molar-refractivity contribution >= 4 is 5.91 Å². The number of nitrogens with zero attached hydrogens (tertiary/aromatic N) is 3. The molecule has 1 aromatic heterocycles. The summed E-state index contributed by atoms with van der Waals surface area (Å²) in [6, 6.07) is 9.85. The van der Waals surface area contributed by atoms with Gasteiger partial charge in [-0.25, -0.2) is 0 Å². The van der Waals surface area contributed by atoms with Gasteiger partial charge in [-0.2, -0.15) is 5.10 Å². The number of fused-ring (bicyclic) bond motifs is 1. The fraction of sp³-hybridized carbons (Fsp3) is 0.474. The molecular formula is C19H24N4O3. The first-order chi connectivity index (χ1) is 12.8. The Labute approximate surface area is 152 Å². The number of ether oxygens (including phenoxy) is 2. The van der Waals surface area contributed by atoms with E-state index >= 15 is 0 Å². The van der Waals surface area contributed by atoms with E-state index < -0.39 is 0 Å². The van der Waals surface area contributed by atoms with Crippen molar-refractivity contribution in [3.05, 3.63) is 47.3 Å². The molecular weight excluding hydrogens is 332 g/mol. The maximum atomic E-state index is 12.8. The molecule has 2 aliphatic heterocycles. The third kappa shape index (κ3) is 3.73. The van der Waals surface area contributed by atoms with Gasteiger partial charge in [0.05, 0.1) is 13.2 Å². The van der Waals surface area contributed by atoms with Gasteiger partial charge in [0, 0.05) is 50.4 Å². The number of aromatic amines is 1. The summed E-state index contributed by atoms with van der Waals surface area (Å²) in [6.07, 6.45) is 0.796. The van der Waals surface area contributed by atoms with Gasteiger partial charge in [0.25, 0.3) is 5.91 Å². The Kier molecular flexibility index (Phi) is 5.17. The van der Waals surface area contributed by atoms with E-state index in [1.807, 2.05) is 35.2 Å². The molecule has 0 spiro atoms. The number of H-pyrrole nitrogens is 1. The summed E-state index contributed by atoms with van der Waals surface area (Å²) >= 11 is 0. The zero-order valence-electron chi connectivity index (χ0n) is 14.8. The molecule has 2 aromatic rings.